The number of likely N-dealkylation sites (N-methyl/N-ethyl adjacent to an activating group) is 1. The minimum absolute atomic E-state index is 0.533. The van der Waals surface area contributed by atoms with Crippen molar-refractivity contribution in [2.45, 2.75) is 32.7 Å². The van der Waals surface area contributed by atoms with Gasteiger partial charge in [-0.05, 0) is 13.5 Å². The highest BCUT2D eigenvalue weighted by Crippen LogP contribution is 2.16. The van der Waals surface area contributed by atoms with Crippen molar-refractivity contribution in [2.24, 2.45) is 0 Å². The molecule has 4 nitrogen and oxygen atoms in total. The van der Waals surface area contributed by atoms with Crippen molar-refractivity contribution >= 4 is 5.82 Å². The number of rotatable bonds is 1. The molecule has 1 aromatic rings. The van der Waals surface area contributed by atoms with Crippen LogP contribution in [-0.2, 0) is 12.8 Å². The summed E-state index contributed by atoms with van der Waals surface area (Å²) in [4.78, 5) is 11.2. The molecule has 1 atom stereocenters. The van der Waals surface area contributed by atoms with Crippen LogP contribution in [0.1, 0.15) is 25.2 Å². The zero-order valence-corrected chi connectivity index (χ0v) is 9.40. The first-order chi connectivity index (χ1) is 7.20. The van der Waals surface area contributed by atoms with Crippen LogP contribution in [0, 0.1) is 0 Å². The Labute approximate surface area is 90.5 Å². The van der Waals surface area contributed by atoms with E-state index in [-0.39, 0.29) is 0 Å². The molecule has 0 aliphatic carbocycles. The van der Waals surface area contributed by atoms with Crippen LogP contribution in [0.4, 0.5) is 5.82 Å². The standard InChI is InChI=1S/C11H18N4/c1-3-15-5-4-9-10(6-8(15)2)14-11(12)7-13-9/h7-8H,3-6H2,1-2H3,(H2,12,14). The van der Waals surface area contributed by atoms with Crippen LogP contribution in [0.5, 0.6) is 0 Å². The van der Waals surface area contributed by atoms with Crippen LogP contribution in [0.2, 0.25) is 0 Å². The Bertz CT molecular complexity index is 350. The maximum Gasteiger partial charge on any atom is 0.142 e. The number of nitrogen functional groups attached to an aromatic ring is 1. The normalized spacial score (nSPS) is 22.1. The number of nitrogens with two attached hydrogens (primary N) is 1. The molecule has 1 aliphatic rings. The molecule has 2 N–H and O–H groups in total. The number of anilines is 1. The first kappa shape index (κ1) is 10.4. The van der Waals surface area contributed by atoms with E-state index in [9.17, 15) is 0 Å². The minimum atomic E-state index is 0.533. The first-order valence-electron chi connectivity index (χ1n) is 5.55. The molecular weight excluding hydrogens is 188 g/mol. The molecule has 0 radical (unpaired) electrons. The number of aromatic nitrogens is 2. The third kappa shape index (κ3) is 2.09. The highest BCUT2D eigenvalue weighted by Gasteiger charge is 2.20. The third-order valence-corrected chi connectivity index (χ3v) is 3.10. The Morgan fingerprint density at radius 2 is 2.33 bits per heavy atom. The second-order valence-electron chi connectivity index (χ2n) is 4.12. The molecule has 0 saturated heterocycles. The number of hydrogen-bond donors (Lipinski definition) is 1. The van der Waals surface area contributed by atoms with E-state index in [1.54, 1.807) is 6.20 Å². The van der Waals surface area contributed by atoms with E-state index in [1.807, 2.05) is 0 Å². The fourth-order valence-electron chi connectivity index (χ4n) is 2.19. The van der Waals surface area contributed by atoms with Crippen LogP contribution in [0.25, 0.3) is 0 Å². The molecule has 0 bridgehead atoms. The van der Waals surface area contributed by atoms with Gasteiger partial charge in [-0.2, -0.15) is 0 Å². The third-order valence-electron chi connectivity index (χ3n) is 3.10. The van der Waals surface area contributed by atoms with Gasteiger partial charge in [0.1, 0.15) is 5.82 Å². The predicted octanol–water partition coefficient (Wildman–Crippen LogP) is 0.868. The zero-order valence-electron chi connectivity index (χ0n) is 9.40. The molecule has 2 rings (SSSR count). The average Bonchev–Trinajstić information content (AvgIpc) is 2.35. The first-order valence-corrected chi connectivity index (χ1v) is 5.55. The van der Waals surface area contributed by atoms with Crippen molar-refractivity contribution in [1.29, 1.82) is 0 Å². The zero-order chi connectivity index (χ0) is 10.8. The van der Waals surface area contributed by atoms with Gasteiger partial charge in [0.15, 0.2) is 0 Å². The average molecular weight is 206 g/mol. The Morgan fingerprint density at radius 3 is 3.07 bits per heavy atom. The highest BCUT2D eigenvalue weighted by molar-refractivity contribution is 5.28. The van der Waals surface area contributed by atoms with Gasteiger partial charge in [-0.3, -0.25) is 4.98 Å². The molecule has 0 amide bonds. The summed E-state index contributed by atoms with van der Waals surface area (Å²) in [5.41, 5.74) is 7.86. The molecule has 1 aromatic heterocycles. The Balaban J connectivity index is 2.27. The van der Waals surface area contributed by atoms with Crippen molar-refractivity contribution in [3.8, 4) is 0 Å². The topological polar surface area (TPSA) is 55.0 Å². The Hall–Kier alpha value is -1.16. The van der Waals surface area contributed by atoms with Crippen molar-refractivity contribution in [3.63, 3.8) is 0 Å². The summed E-state index contributed by atoms with van der Waals surface area (Å²) < 4.78 is 0. The fraction of sp³-hybridized carbons (Fsp3) is 0.636. The van der Waals surface area contributed by atoms with Crippen molar-refractivity contribution in [3.05, 3.63) is 17.6 Å². The van der Waals surface area contributed by atoms with Gasteiger partial charge >= 0.3 is 0 Å². The van der Waals surface area contributed by atoms with Gasteiger partial charge in [0.05, 0.1) is 17.6 Å². The summed E-state index contributed by atoms with van der Waals surface area (Å²) in [6.07, 6.45) is 3.60. The maximum atomic E-state index is 5.66. The van der Waals surface area contributed by atoms with E-state index in [0.29, 0.717) is 11.9 Å². The molecule has 4 heteroatoms. The summed E-state index contributed by atoms with van der Waals surface area (Å²) >= 11 is 0. The minimum Gasteiger partial charge on any atom is -0.382 e. The lowest BCUT2D eigenvalue weighted by Gasteiger charge is -2.24. The molecular formula is C11H18N4. The fourth-order valence-corrected chi connectivity index (χ4v) is 2.19. The SMILES string of the molecule is CCN1CCc2ncc(N)nc2CC1C. The van der Waals surface area contributed by atoms with Crippen LogP contribution >= 0.6 is 0 Å². The van der Waals surface area contributed by atoms with Crippen molar-refractivity contribution in [2.75, 3.05) is 18.8 Å². The molecule has 15 heavy (non-hydrogen) atoms. The van der Waals surface area contributed by atoms with Crippen LogP contribution in [-0.4, -0.2) is 34.0 Å². The summed E-state index contributed by atoms with van der Waals surface area (Å²) in [5.74, 6) is 0.533. The van der Waals surface area contributed by atoms with Crippen LogP contribution in [0.3, 0.4) is 0 Å². The van der Waals surface area contributed by atoms with Gasteiger partial charge in [-0.25, -0.2) is 4.98 Å². The Morgan fingerprint density at radius 1 is 1.53 bits per heavy atom. The molecule has 0 spiro atoms. The van der Waals surface area contributed by atoms with Crippen LogP contribution in [0.15, 0.2) is 6.20 Å². The molecule has 0 fully saturated rings. The lowest BCUT2D eigenvalue weighted by atomic mass is 10.1. The van der Waals surface area contributed by atoms with Crippen molar-refractivity contribution < 1.29 is 0 Å². The van der Waals surface area contributed by atoms with Gasteiger partial charge in [-0.1, -0.05) is 6.92 Å². The van der Waals surface area contributed by atoms with E-state index in [4.69, 9.17) is 5.73 Å². The number of hydrogen-bond acceptors (Lipinski definition) is 4. The Kier molecular flexibility index (Phi) is 2.86. The summed E-state index contributed by atoms with van der Waals surface area (Å²) in [5, 5.41) is 0. The smallest absolute Gasteiger partial charge is 0.142 e. The second kappa shape index (κ2) is 4.14. The van der Waals surface area contributed by atoms with E-state index in [0.717, 1.165) is 37.3 Å². The van der Waals surface area contributed by atoms with Gasteiger partial charge in [0, 0.05) is 25.4 Å². The molecule has 82 valence electrons. The van der Waals surface area contributed by atoms with Gasteiger partial charge in [-0.15, -0.1) is 0 Å². The van der Waals surface area contributed by atoms with Gasteiger partial charge in [0.2, 0.25) is 0 Å². The van der Waals surface area contributed by atoms with E-state index in [1.165, 1.54) is 0 Å². The molecule has 0 saturated carbocycles. The van der Waals surface area contributed by atoms with Gasteiger partial charge < -0.3 is 10.6 Å². The summed E-state index contributed by atoms with van der Waals surface area (Å²) in [6.45, 7) is 6.60. The second-order valence-corrected chi connectivity index (χ2v) is 4.12. The van der Waals surface area contributed by atoms with E-state index >= 15 is 0 Å². The number of nitrogens with zero attached hydrogens (tertiary/aromatic N) is 3. The molecule has 1 unspecified atom stereocenters. The van der Waals surface area contributed by atoms with Gasteiger partial charge in [0.25, 0.3) is 0 Å². The lowest BCUT2D eigenvalue weighted by Crippen LogP contribution is -2.34. The van der Waals surface area contributed by atoms with Crippen molar-refractivity contribution in [1.82, 2.24) is 14.9 Å². The number of fused-ring (bicyclic) bond motifs is 1. The largest absolute Gasteiger partial charge is 0.382 e. The molecule has 2 heterocycles. The molecule has 1 aliphatic heterocycles. The quantitative estimate of drug-likeness (QED) is 0.740. The van der Waals surface area contributed by atoms with E-state index in [2.05, 4.69) is 28.7 Å². The summed E-state index contributed by atoms with van der Waals surface area (Å²) in [6, 6.07) is 0.535. The lowest BCUT2D eigenvalue weighted by molar-refractivity contribution is 0.227. The van der Waals surface area contributed by atoms with E-state index < -0.39 is 0 Å². The molecule has 0 aromatic carbocycles. The predicted molar refractivity (Wildman–Crippen MR) is 60.6 cm³/mol. The van der Waals surface area contributed by atoms with Crippen LogP contribution < -0.4 is 5.73 Å². The highest BCUT2D eigenvalue weighted by atomic mass is 15.1. The summed E-state index contributed by atoms with van der Waals surface area (Å²) in [7, 11) is 0. The monoisotopic (exact) mass is 206 g/mol. The maximum absolute atomic E-state index is 5.66.